The number of benzene rings is 1. The molecule has 1 amide bonds. The lowest BCUT2D eigenvalue weighted by Crippen LogP contribution is -2.41. The molecule has 0 bridgehead atoms. The fourth-order valence-electron chi connectivity index (χ4n) is 2.02. The van der Waals surface area contributed by atoms with E-state index >= 15 is 0 Å². The van der Waals surface area contributed by atoms with Gasteiger partial charge in [0.2, 0.25) is 5.91 Å². The average molecular weight is 304 g/mol. The number of aryl methyl sites for hydroxylation is 2. The molecular weight excluding hydrogens is 284 g/mol. The van der Waals surface area contributed by atoms with Crippen molar-refractivity contribution in [3.63, 3.8) is 0 Å². The number of hydrogen-bond donors (Lipinski definition) is 1. The highest BCUT2D eigenvalue weighted by Crippen LogP contribution is 2.27. The molecule has 21 heavy (non-hydrogen) atoms. The molecule has 1 aliphatic heterocycles. The molecular formula is C15H20N4OS. The van der Waals surface area contributed by atoms with E-state index in [1.165, 1.54) is 11.8 Å². The van der Waals surface area contributed by atoms with Crippen molar-refractivity contribution in [2.24, 2.45) is 10.1 Å². The van der Waals surface area contributed by atoms with Crippen LogP contribution in [-0.4, -0.2) is 41.0 Å². The van der Waals surface area contributed by atoms with E-state index in [9.17, 15) is 4.79 Å². The van der Waals surface area contributed by atoms with Crippen LogP contribution >= 0.6 is 11.8 Å². The highest BCUT2D eigenvalue weighted by atomic mass is 32.2. The highest BCUT2D eigenvalue weighted by Gasteiger charge is 2.29. The summed E-state index contributed by atoms with van der Waals surface area (Å²) in [4.78, 5) is 18.4. The molecule has 0 radical (unpaired) electrons. The number of rotatable bonds is 2. The maximum absolute atomic E-state index is 12.2. The van der Waals surface area contributed by atoms with Crippen LogP contribution in [0.25, 0.3) is 0 Å². The number of hydrazone groups is 1. The molecule has 1 aromatic rings. The van der Waals surface area contributed by atoms with Crippen molar-refractivity contribution in [1.29, 1.82) is 0 Å². The molecule has 0 fully saturated rings. The summed E-state index contributed by atoms with van der Waals surface area (Å²) in [5.74, 6) is 0.0250. The van der Waals surface area contributed by atoms with Gasteiger partial charge in [-0.15, -0.1) is 0 Å². The molecule has 1 atom stereocenters. The molecule has 1 aliphatic rings. The number of amidine groups is 1. The van der Waals surface area contributed by atoms with Gasteiger partial charge in [0.05, 0.1) is 11.4 Å². The number of thioether (sulfide) groups is 1. The van der Waals surface area contributed by atoms with E-state index in [4.69, 9.17) is 0 Å². The zero-order chi connectivity index (χ0) is 15.6. The fraction of sp³-hybridized carbons (Fsp3) is 0.400. The summed E-state index contributed by atoms with van der Waals surface area (Å²) >= 11 is 1.41. The summed E-state index contributed by atoms with van der Waals surface area (Å²) in [6.07, 6.45) is 0. The SMILES string of the molecule is CC1=NNC(=Nc2c(C)cccc2C)S[C@@H]1C(=O)N(C)C. The van der Waals surface area contributed by atoms with Crippen molar-refractivity contribution in [3.05, 3.63) is 29.3 Å². The number of nitrogens with one attached hydrogen (secondary N) is 1. The van der Waals surface area contributed by atoms with Crippen LogP contribution in [0.4, 0.5) is 5.69 Å². The largest absolute Gasteiger partial charge is 0.348 e. The van der Waals surface area contributed by atoms with Gasteiger partial charge in [0.15, 0.2) is 5.17 Å². The predicted molar refractivity (Wildman–Crippen MR) is 89.3 cm³/mol. The lowest BCUT2D eigenvalue weighted by molar-refractivity contribution is -0.126. The van der Waals surface area contributed by atoms with E-state index in [1.54, 1.807) is 19.0 Å². The van der Waals surface area contributed by atoms with Crippen molar-refractivity contribution >= 4 is 34.2 Å². The normalized spacial score (nSPS) is 20.0. The van der Waals surface area contributed by atoms with Gasteiger partial charge in [-0.25, -0.2) is 4.99 Å². The second-order valence-corrected chi connectivity index (χ2v) is 6.35. The summed E-state index contributed by atoms with van der Waals surface area (Å²) in [5.41, 5.74) is 6.82. The Bertz CT molecular complexity index is 602. The summed E-state index contributed by atoms with van der Waals surface area (Å²) in [6.45, 7) is 5.90. The fourth-order valence-corrected chi connectivity index (χ4v) is 3.02. The first kappa shape index (κ1) is 15.6. The van der Waals surface area contributed by atoms with Crippen LogP contribution in [0.2, 0.25) is 0 Å². The Morgan fingerprint density at radius 3 is 2.48 bits per heavy atom. The van der Waals surface area contributed by atoms with E-state index in [2.05, 4.69) is 15.5 Å². The number of para-hydroxylation sites is 1. The Morgan fingerprint density at radius 1 is 1.29 bits per heavy atom. The van der Waals surface area contributed by atoms with Crippen LogP contribution in [0.3, 0.4) is 0 Å². The van der Waals surface area contributed by atoms with Crippen molar-refractivity contribution < 1.29 is 4.79 Å². The first-order chi connectivity index (χ1) is 9.90. The summed E-state index contributed by atoms with van der Waals surface area (Å²) in [5, 5.41) is 4.55. The molecule has 0 saturated carbocycles. The minimum atomic E-state index is -0.315. The van der Waals surface area contributed by atoms with Crippen LogP contribution < -0.4 is 5.43 Å². The smallest absolute Gasteiger partial charge is 0.241 e. The Balaban J connectivity index is 2.31. The number of carbonyl (C=O) groups excluding carboxylic acids is 1. The molecule has 0 unspecified atom stereocenters. The van der Waals surface area contributed by atoms with Gasteiger partial charge < -0.3 is 4.90 Å². The van der Waals surface area contributed by atoms with Crippen molar-refractivity contribution in [2.45, 2.75) is 26.0 Å². The maximum atomic E-state index is 12.2. The van der Waals surface area contributed by atoms with Crippen molar-refractivity contribution in [1.82, 2.24) is 10.3 Å². The van der Waals surface area contributed by atoms with Gasteiger partial charge >= 0.3 is 0 Å². The van der Waals surface area contributed by atoms with Crippen LogP contribution in [0, 0.1) is 13.8 Å². The number of hydrogen-bond acceptors (Lipinski definition) is 4. The molecule has 6 heteroatoms. The number of aliphatic imine (C=N–C) groups is 1. The topological polar surface area (TPSA) is 57.1 Å². The summed E-state index contributed by atoms with van der Waals surface area (Å²) in [7, 11) is 3.50. The molecule has 0 spiro atoms. The van der Waals surface area contributed by atoms with Gasteiger partial charge in [0.25, 0.3) is 0 Å². The standard InChI is InChI=1S/C15H20N4OS/c1-9-7-6-8-10(2)12(9)16-15-18-17-11(3)13(21-15)14(20)19(4)5/h6-8,13H,1-5H3,(H,16,18)/t13-/m0/s1. The highest BCUT2D eigenvalue weighted by molar-refractivity contribution is 8.15. The molecule has 1 heterocycles. The van der Waals surface area contributed by atoms with E-state index in [0.717, 1.165) is 22.5 Å². The second-order valence-electron chi connectivity index (χ2n) is 5.25. The summed E-state index contributed by atoms with van der Waals surface area (Å²) < 4.78 is 0. The van der Waals surface area contributed by atoms with Crippen LogP contribution in [0.1, 0.15) is 18.1 Å². The lowest BCUT2D eigenvalue weighted by Gasteiger charge is -2.24. The minimum Gasteiger partial charge on any atom is -0.348 e. The van der Waals surface area contributed by atoms with Gasteiger partial charge in [-0.1, -0.05) is 30.0 Å². The predicted octanol–water partition coefficient (Wildman–Crippen LogP) is 2.46. The molecule has 2 rings (SSSR count). The van der Waals surface area contributed by atoms with Gasteiger partial charge in [-0.05, 0) is 31.9 Å². The maximum Gasteiger partial charge on any atom is 0.241 e. The zero-order valence-electron chi connectivity index (χ0n) is 13.0. The van der Waals surface area contributed by atoms with Gasteiger partial charge in [-0.3, -0.25) is 10.2 Å². The van der Waals surface area contributed by atoms with E-state index in [0.29, 0.717) is 5.17 Å². The van der Waals surface area contributed by atoms with Gasteiger partial charge in [-0.2, -0.15) is 5.10 Å². The van der Waals surface area contributed by atoms with Gasteiger partial charge in [0.1, 0.15) is 5.25 Å². The number of amides is 1. The molecule has 1 N–H and O–H groups in total. The monoisotopic (exact) mass is 304 g/mol. The Labute approximate surface area is 129 Å². The molecule has 5 nitrogen and oxygen atoms in total. The van der Waals surface area contributed by atoms with Crippen molar-refractivity contribution in [2.75, 3.05) is 14.1 Å². The first-order valence-corrected chi connectivity index (χ1v) is 7.61. The van der Waals surface area contributed by atoms with E-state index in [1.807, 2.05) is 39.0 Å². The van der Waals surface area contributed by atoms with Crippen LogP contribution in [0.5, 0.6) is 0 Å². The third-order valence-corrected chi connectivity index (χ3v) is 4.44. The third kappa shape index (κ3) is 3.44. The number of nitrogens with zero attached hydrogens (tertiary/aromatic N) is 3. The molecule has 0 saturated heterocycles. The quantitative estimate of drug-likeness (QED) is 0.913. The van der Waals surface area contributed by atoms with Crippen LogP contribution in [0.15, 0.2) is 28.3 Å². The van der Waals surface area contributed by atoms with Crippen LogP contribution in [-0.2, 0) is 4.79 Å². The first-order valence-electron chi connectivity index (χ1n) is 6.73. The minimum absolute atomic E-state index is 0.0250. The Morgan fingerprint density at radius 2 is 1.90 bits per heavy atom. The van der Waals surface area contributed by atoms with Crippen molar-refractivity contribution in [3.8, 4) is 0 Å². The molecule has 1 aromatic carbocycles. The second kappa shape index (κ2) is 6.30. The molecule has 0 aliphatic carbocycles. The third-order valence-electron chi connectivity index (χ3n) is 3.25. The Kier molecular flexibility index (Phi) is 4.67. The number of carbonyl (C=O) groups is 1. The molecule has 0 aromatic heterocycles. The Hall–Kier alpha value is -1.82. The lowest BCUT2D eigenvalue weighted by atomic mass is 10.1. The summed E-state index contributed by atoms with van der Waals surface area (Å²) in [6, 6.07) is 6.06. The van der Waals surface area contributed by atoms with E-state index < -0.39 is 0 Å². The molecule has 112 valence electrons. The van der Waals surface area contributed by atoms with Gasteiger partial charge in [0, 0.05) is 14.1 Å². The zero-order valence-corrected chi connectivity index (χ0v) is 13.8. The average Bonchev–Trinajstić information content (AvgIpc) is 2.44. The van der Waals surface area contributed by atoms with E-state index in [-0.39, 0.29) is 11.2 Å².